The van der Waals surface area contributed by atoms with Crippen LogP contribution in [0.1, 0.15) is 18.5 Å². The van der Waals surface area contributed by atoms with E-state index in [4.69, 9.17) is 0 Å². The molecule has 0 fully saturated rings. The van der Waals surface area contributed by atoms with Crippen molar-refractivity contribution in [1.29, 1.82) is 0 Å². The van der Waals surface area contributed by atoms with Gasteiger partial charge < -0.3 is 5.32 Å². The summed E-state index contributed by atoms with van der Waals surface area (Å²) in [6.45, 7) is 1.98. The summed E-state index contributed by atoms with van der Waals surface area (Å²) in [7, 11) is 0. The van der Waals surface area contributed by atoms with Crippen LogP contribution in [-0.4, -0.2) is 26.3 Å². The maximum Gasteiger partial charge on any atom is 0.230 e. The fraction of sp³-hybridized carbons (Fsp3) is 0.167. The molecule has 0 saturated carbocycles. The number of fused-ring (bicyclic) bond motifs is 3. The third kappa shape index (κ3) is 3.49. The number of nitrogens with zero attached hydrogens (tertiary/aromatic N) is 3. The first-order valence-corrected chi connectivity index (χ1v) is 10.6. The van der Waals surface area contributed by atoms with Crippen molar-refractivity contribution in [3.63, 3.8) is 0 Å². The van der Waals surface area contributed by atoms with E-state index in [0.29, 0.717) is 5.75 Å². The van der Waals surface area contributed by atoms with Crippen molar-refractivity contribution in [3.8, 4) is 0 Å². The first-order chi connectivity index (χ1) is 12.6. The Morgan fingerprint density at radius 1 is 1.23 bits per heavy atom. The number of hydrogen-bond acceptors (Lipinski definition) is 5. The normalized spacial score (nSPS) is 12.5. The highest BCUT2D eigenvalue weighted by Crippen LogP contribution is 2.29. The van der Waals surface area contributed by atoms with Gasteiger partial charge in [0.1, 0.15) is 0 Å². The van der Waals surface area contributed by atoms with E-state index in [1.54, 1.807) is 11.3 Å². The molecule has 4 aromatic rings. The number of aromatic nitrogens is 3. The van der Waals surface area contributed by atoms with Crippen molar-refractivity contribution >= 4 is 60.1 Å². The molecule has 0 bridgehead atoms. The highest BCUT2D eigenvalue weighted by atomic mass is 79.9. The van der Waals surface area contributed by atoms with Crippen LogP contribution in [0.15, 0.2) is 58.2 Å². The molecule has 0 aliphatic heterocycles. The molecular formula is C18H15BrN4OS2. The van der Waals surface area contributed by atoms with E-state index >= 15 is 0 Å². The van der Waals surface area contributed by atoms with Crippen molar-refractivity contribution in [2.75, 3.05) is 5.75 Å². The van der Waals surface area contributed by atoms with Crippen molar-refractivity contribution in [3.05, 3.63) is 58.6 Å². The molecule has 0 aliphatic rings. The summed E-state index contributed by atoms with van der Waals surface area (Å²) < 4.78 is 4.19. The fourth-order valence-corrected chi connectivity index (χ4v) is 4.74. The van der Waals surface area contributed by atoms with Crippen LogP contribution < -0.4 is 5.32 Å². The van der Waals surface area contributed by atoms with Gasteiger partial charge in [-0.25, -0.2) is 0 Å². The van der Waals surface area contributed by atoms with Crippen LogP contribution in [0.25, 0.3) is 15.2 Å². The number of rotatable bonds is 5. The lowest BCUT2D eigenvalue weighted by Gasteiger charge is -2.14. The number of carbonyl (C=O) groups excluding carboxylic acids is 1. The highest BCUT2D eigenvalue weighted by molar-refractivity contribution is 9.10. The van der Waals surface area contributed by atoms with Crippen LogP contribution >= 0.6 is 39.0 Å². The number of nitrogens with one attached hydrogen (secondary N) is 1. The van der Waals surface area contributed by atoms with Gasteiger partial charge in [-0.2, -0.15) is 0 Å². The van der Waals surface area contributed by atoms with E-state index in [9.17, 15) is 4.79 Å². The summed E-state index contributed by atoms with van der Waals surface area (Å²) in [5, 5.41) is 12.2. The first kappa shape index (κ1) is 17.5. The zero-order valence-corrected chi connectivity index (χ0v) is 17.1. The Labute approximate surface area is 166 Å². The molecule has 0 radical (unpaired) electrons. The van der Waals surface area contributed by atoms with Crippen LogP contribution in [0, 0.1) is 0 Å². The highest BCUT2D eigenvalue weighted by Gasteiger charge is 2.15. The molecule has 2 heterocycles. The van der Waals surface area contributed by atoms with E-state index in [-0.39, 0.29) is 11.9 Å². The number of benzene rings is 2. The van der Waals surface area contributed by atoms with E-state index < -0.39 is 0 Å². The third-order valence-electron chi connectivity index (χ3n) is 3.99. The van der Waals surface area contributed by atoms with Crippen LogP contribution in [0.4, 0.5) is 0 Å². The Kier molecular flexibility index (Phi) is 4.97. The maximum absolute atomic E-state index is 12.3. The second-order valence-corrected chi connectivity index (χ2v) is 8.67. The number of thioether (sulfide) groups is 1. The lowest BCUT2D eigenvalue weighted by atomic mass is 10.1. The molecule has 0 spiro atoms. The Bertz CT molecular complexity index is 1070. The molecule has 4 rings (SSSR count). The largest absolute Gasteiger partial charge is 0.349 e. The van der Waals surface area contributed by atoms with Gasteiger partial charge in [-0.05, 0) is 36.8 Å². The van der Waals surface area contributed by atoms with E-state index in [1.165, 1.54) is 11.8 Å². The van der Waals surface area contributed by atoms with Crippen LogP contribution in [-0.2, 0) is 4.79 Å². The first-order valence-electron chi connectivity index (χ1n) is 8.02. The Hall–Kier alpha value is -1.90. The van der Waals surface area contributed by atoms with Gasteiger partial charge in [-0.1, -0.05) is 63.3 Å². The summed E-state index contributed by atoms with van der Waals surface area (Å²) in [5.74, 6) is 0.271. The Balaban J connectivity index is 1.44. The number of hydrogen-bond donors (Lipinski definition) is 1. The minimum Gasteiger partial charge on any atom is -0.349 e. The molecule has 2 aromatic heterocycles. The van der Waals surface area contributed by atoms with Crippen LogP contribution in [0.2, 0.25) is 0 Å². The topological polar surface area (TPSA) is 59.3 Å². The van der Waals surface area contributed by atoms with E-state index in [2.05, 4.69) is 37.5 Å². The van der Waals surface area contributed by atoms with Gasteiger partial charge in [0.05, 0.1) is 22.0 Å². The molecule has 2 aromatic carbocycles. The number of halogens is 1. The fourth-order valence-electron chi connectivity index (χ4n) is 2.70. The van der Waals surface area contributed by atoms with Gasteiger partial charge in [-0.3, -0.25) is 9.20 Å². The predicted molar refractivity (Wildman–Crippen MR) is 110 cm³/mol. The molecule has 0 saturated heterocycles. The molecule has 1 atom stereocenters. The molecule has 8 heteroatoms. The maximum atomic E-state index is 12.3. The molecular weight excluding hydrogens is 432 g/mol. The van der Waals surface area contributed by atoms with Gasteiger partial charge in [0.15, 0.2) is 5.16 Å². The molecule has 5 nitrogen and oxygen atoms in total. The van der Waals surface area contributed by atoms with Crippen molar-refractivity contribution in [2.45, 2.75) is 18.1 Å². The number of thiazole rings is 1. The summed E-state index contributed by atoms with van der Waals surface area (Å²) in [4.78, 5) is 13.2. The molecule has 132 valence electrons. The lowest BCUT2D eigenvalue weighted by Crippen LogP contribution is -2.28. The van der Waals surface area contributed by atoms with Gasteiger partial charge in [0.2, 0.25) is 10.9 Å². The summed E-state index contributed by atoms with van der Waals surface area (Å²) in [6.07, 6.45) is 0. The Morgan fingerprint density at radius 2 is 2.00 bits per heavy atom. The minimum atomic E-state index is -0.0448. The number of amides is 1. The average molecular weight is 447 g/mol. The lowest BCUT2D eigenvalue weighted by molar-refractivity contribution is -0.119. The van der Waals surface area contributed by atoms with Crippen molar-refractivity contribution < 1.29 is 4.79 Å². The smallest absolute Gasteiger partial charge is 0.230 e. The predicted octanol–water partition coefficient (Wildman–Crippen LogP) is 4.68. The second-order valence-electron chi connectivity index (χ2n) is 5.80. The minimum absolute atomic E-state index is 0.0262. The Morgan fingerprint density at radius 3 is 2.81 bits per heavy atom. The van der Waals surface area contributed by atoms with Gasteiger partial charge in [0, 0.05) is 4.47 Å². The summed E-state index contributed by atoms with van der Waals surface area (Å²) >= 11 is 6.42. The van der Waals surface area contributed by atoms with Crippen LogP contribution in [0.3, 0.4) is 0 Å². The SMILES string of the molecule is CC(NC(=O)CSc1nnc2sc3ccccc3n12)c1ccc(Br)cc1. The zero-order chi connectivity index (χ0) is 18.1. The number of para-hydroxylation sites is 1. The standard InChI is InChI=1S/C18H15BrN4OS2/c1-11(12-6-8-13(19)9-7-12)20-16(24)10-25-17-21-22-18-23(17)14-4-2-3-5-15(14)26-18/h2-9,11H,10H2,1H3,(H,20,24). The van der Waals surface area contributed by atoms with Gasteiger partial charge in [-0.15, -0.1) is 10.2 Å². The second kappa shape index (κ2) is 7.38. The van der Waals surface area contributed by atoms with E-state index in [1.807, 2.05) is 53.8 Å². The monoisotopic (exact) mass is 446 g/mol. The van der Waals surface area contributed by atoms with Gasteiger partial charge in [0.25, 0.3) is 0 Å². The summed E-state index contributed by atoms with van der Waals surface area (Å²) in [5.41, 5.74) is 2.14. The van der Waals surface area contributed by atoms with Crippen LogP contribution in [0.5, 0.6) is 0 Å². The van der Waals surface area contributed by atoms with Crippen molar-refractivity contribution in [2.24, 2.45) is 0 Å². The average Bonchev–Trinajstić information content (AvgIpc) is 3.19. The van der Waals surface area contributed by atoms with E-state index in [0.717, 1.165) is 30.4 Å². The molecule has 26 heavy (non-hydrogen) atoms. The molecule has 1 unspecified atom stereocenters. The van der Waals surface area contributed by atoms with Crippen molar-refractivity contribution in [1.82, 2.24) is 19.9 Å². The summed E-state index contributed by atoms with van der Waals surface area (Å²) in [6, 6.07) is 16.0. The van der Waals surface area contributed by atoms with Gasteiger partial charge >= 0.3 is 0 Å². The third-order valence-corrected chi connectivity index (χ3v) is 6.46. The molecule has 1 amide bonds. The quantitative estimate of drug-likeness (QED) is 0.452. The zero-order valence-electron chi connectivity index (χ0n) is 13.8. The number of carbonyl (C=O) groups is 1. The molecule has 1 N–H and O–H groups in total. The molecule has 0 aliphatic carbocycles.